The number of carbonyl (C=O) groups excluding carboxylic acids is 2. The summed E-state index contributed by atoms with van der Waals surface area (Å²) in [6, 6.07) is 3.19. The summed E-state index contributed by atoms with van der Waals surface area (Å²) in [5.74, 6) is -0.498. The summed E-state index contributed by atoms with van der Waals surface area (Å²) >= 11 is 0. The van der Waals surface area contributed by atoms with Gasteiger partial charge in [0.05, 0.1) is 18.0 Å². The number of rotatable bonds is 1. The van der Waals surface area contributed by atoms with Gasteiger partial charge in [-0.15, -0.1) is 0 Å². The number of phenolic OH excluding ortho intramolecular Hbond substituents is 1. The fourth-order valence-corrected chi connectivity index (χ4v) is 6.84. The van der Waals surface area contributed by atoms with Crippen molar-refractivity contribution in [1.82, 2.24) is 13.9 Å². The van der Waals surface area contributed by atoms with Crippen LogP contribution in [0.15, 0.2) is 44.5 Å². The van der Waals surface area contributed by atoms with Crippen LogP contribution in [0.2, 0.25) is 0 Å². The molecule has 0 amide bonds. The van der Waals surface area contributed by atoms with Crippen molar-refractivity contribution in [1.29, 1.82) is 0 Å². The number of aromatic hydroxyl groups is 1. The second-order valence-electron chi connectivity index (χ2n) is 10.9. The van der Waals surface area contributed by atoms with Crippen molar-refractivity contribution < 1.29 is 14.7 Å². The lowest BCUT2D eigenvalue weighted by molar-refractivity contribution is -0.151. The molecule has 1 fully saturated rings. The van der Waals surface area contributed by atoms with Gasteiger partial charge in [-0.3, -0.25) is 9.59 Å². The molecule has 4 atom stereocenters. The number of allylic oxidation sites excluding steroid dienone is 4. The van der Waals surface area contributed by atoms with Crippen LogP contribution in [-0.4, -0.2) is 30.6 Å². The number of carbonyl (C=O) groups is 2. The van der Waals surface area contributed by atoms with E-state index in [4.69, 9.17) is 0 Å². The van der Waals surface area contributed by atoms with Gasteiger partial charge in [0.25, 0.3) is 0 Å². The van der Waals surface area contributed by atoms with Crippen LogP contribution in [0.1, 0.15) is 62.8 Å². The molecule has 1 aromatic heterocycles. The van der Waals surface area contributed by atoms with Gasteiger partial charge in [-0.1, -0.05) is 32.1 Å². The third-order valence-corrected chi connectivity index (χ3v) is 9.15. The van der Waals surface area contributed by atoms with Crippen LogP contribution < -0.4 is 11.4 Å². The SMILES string of the molecule is CC1=C(C)C(=O)[C@@]2(C)[C@@H](c3cc(C)c(O)c(C)c3)C3=CCn4c(=O)n(C)c(=O)n4[C@@H]3C[C@@]2(C)C1=O. The Kier molecular flexibility index (Phi) is 4.70. The maximum atomic E-state index is 14.1. The first-order chi connectivity index (χ1) is 16.3. The molecule has 0 unspecified atom stereocenters. The number of Topliss-reactive ketones (excluding diaryl/α,β-unsaturated/α-hetero) is 2. The lowest BCUT2D eigenvalue weighted by atomic mass is 9.43. The van der Waals surface area contributed by atoms with Gasteiger partial charge in [0.15, 0.2) is 11.6 Å². The minimum Gasteiger partial charge on any atom is -0.507 e. The van der Waals surface area contributed by atoms with Crippen LogP contribution >= 0.6 is 0 Å². The van der Waals surface area contributed by atoms with E-state index in [-0.39, 0.29) is 30.3 Å². The van der Waals surface area contributed by atoms with E-state index in [0.717, 1.165) is 15.7 Å². The predicted octanol–water partition coefficient (Wildman–Crippen LogP) is 2.84. The molecule has 8 nitrogen and oxygen atoms in total. The van der Waals surface area contributed by atoms with Gasteiger partial charge in [0.1, 0.15) is 5.75 Å². The van der Waals surface area contributed by atoms with Gasteiger partial charge < -0.3 is 5.11 Å². The van der Waals surface area contributed by atoms with Crippen LogP contribution in [-0.2, 0) is 23.2 Å². The Morgan fingerprint density at radius 3 is 2.09 bits per heavy atom. The van der Waals surface area contributed by atoms with Crippen LogP contribution in [0.4, 0.5) is 0 Å². The van der Waals surface area contributed by atoms with Gasteiger partial charge >= 0.3 is 11.4 Å². The van der Waals surface area contributed by atoms with Crippen molar-refractivity contribution in [3.8, 4) is 5.75 Å². The highest BCUT2D eigenvalue weighted by atomic mass is 16.3. The van der Waals surface area contributed by atoms with Crippen molar-refractivity contribution >= 4 is 11.6 Å². The Labute approximate surface area is 203 Å². The molecule has 184 valence electrons. The fourth-order valence-electron chi connectivity index (χ4n) is 6.84. The molecule has 0 bridgehead atoms. The molecule has 2 heterocycles. The molecule has 1 saturated carbocycles. The normalized spacial score (nSPS) is 30.1. The van der Waals surface area contributed by atoms with E-state index in [1.165, 1.54) is 16.4 Å². The second kappa shape index (κ2) is 7.06. The third-order valence-electron chi connectivity index (χ3n) is 9.15. The third kappa shape index (κ3) is 2.62. The molecule has 2 aliphatic carbocycles. The van der Waals surface area contributed by atoms with E-state index in [1.54, 1.807) is 13.8 Å². The molecule has 8 heteroatoms. The number of aryl methyl sites for hydroxylation is 2. The topological polar surface area (TPSA) is 103 Å². The molecular weight excluding hydrogens is 446 g/mol. The Morgan fingerprint density at radius 2 is 1.49 bits per heavy atom. The molecule has 1 aromatic carbocycles. The monoisotopic (exact) mass is 477 g/mol. The molecule has 5 rings (SSSR count). The Bertz CT molecular complexity index is 1510. The first kappa shape index (κ1) is 23.3. The fraction of sp³-hybridized carbons (Fsp3) is 0.481. The first-order valence-corrected chi connectivity index (χ1v) is 11.9. The quantitative estimate of drug-likeness (QED) is 0.636. The van der Waals surface area contributed by atoms with Gasteiger partial charge in [0, 0.05) is 18.4 Å². The Hall–Kier alpha value is -3.42. The molecule has 2 aromatic rings. The number of fused-ring (bicyclic) bond motifs is 4. The van der Waals surface area contributed by atoms with Gasteiger partial charge in [-0.2, -0.15) is 0 Å². The van der Waals surface area contributed by atoms with Crippen LogP contribution in [0.5, 0.6) is 5.75 Å². The van der Waals surface area contributed by atoms with Crippen molar-refractivity contribution in [2.24, 2.45) is 17.9 Å². The molecule has 1 N–H and O–H groups in total. The summed E-state index contributed by atoms with van der Waals surface area (Å²) in [6.07, 6.45) is 2.18. The number of ketones is 2. The van der Waals surface area contributed by atoms with Crippen LogP contribution in [0.3, 0.4) is 0 Å². The van der Waals surface area contributed by atoms with Crippen LogP contribution in [0, 0.1) is 24.7 Å². The molecule has 0 radical (unpaired) electrons. The largest absolute Gasteiger partial charge is 0.507 e. The number of benzene rings is 1. The average Bonchev–Trinajstić information content (AvgIpc) is 3.04. The van der Waals surface area contributed by atoms with Gasteiger partial charge in [-0.05, 0) is 67.5 Å². The van der Waals surface area contributed by atoms with Crippen molar-refractivity contribution in [3.05, 3.63) is 72.6 Å². The summed E-state index contributed by atoms with van der Waals surface area (Å²) < 4.78 is 3.96. The highest BCUT2D eigenvalue weighted by Gasteiger charge is 2.66. The maximum Gasteiger partial charge on any atom is 0.347 e. The van der Waals surface area contributed by atoms with Crippen molar-refractivity contribution in [3.63, 3.8) is 0 Å². The molecular formula is C27H31N3O5. The molecule has 1 aliphatic heterocycles. The predicted molar refractivity (Wildman–Crippen MR) is 131 cm³/mol. The highest BCUT2D eigenvalue weighted by molar-refractivity contribution is 6.17. The Balaban J connectivity index is 1.88. The lowest BCUT2D eigenvalue weighted by Gasteiger charge is -2.58. The standard InChI is InChI=1S/C27H31N3O5/c1-13-10-17(11-14(2)21(13)31)20-18-8-9-29-24(34)28(7)25(35)30(29)19(18)12-26(5)22(32)15(3)16(4)23(33)27(20,26)6/h8,10-11,19-20,31H,9,12H2,1-7H3/t19-,20+,26+,27-/m1/s1. The summed E-state index contributed by atoms with van der Waals surface area (Å²) in [7, 11) is 1.45. The van der Waals surface area contributed by atoms with E-state index in [1.807, 2.05) is 45.9 Å². The lowest BCUT2D eigenvalue weighted by Crippen LogP contribution is -2.61. The molecule has 0 saturated heterocycles. The van der Waals surface area contributed by atoms with E-state index in [0.29, 0.717) is 22.3 Å². The first-order valence-electron chi connectivity index (χ1n) is 11.9. The zero-order valence-corrected chi connectivity index (χ0v) is 21.2. The number of hydrogen-bond donors (Lipinski definition) is 1. The van der Waals surface area contributed by atoms with Gasteiger partial charge in [0.2, 0.25) is 0 Å². The smallest absolute Gasteiger partial charge is 0.347 e. The van der Waals surface area contributed by atoms with Crippen molar-refractivity contribution in [2.45, 2.75) is 66.5 Å². The van der Waals surface area contributed by atoms with E-state index < -0.39 is 34.2 Å². The summed E-state index contributed by atoms with van der Waals surface area (Å²) in [4.78, 5) is 53.9. The maximum absolute atomic E-state index is 14.1. The number of hydrogen-bond acceptors (Lipinski definition) is 5. The Morgan fingerprint density at radius 1 is 0.914 bits per heavy atom. The summed E-state index contributed by atoms with van der Waals surface area (Å²) in [5.41, 5.74) is 0.893. The molecule has 35 heavy (non-hydrogen) atoms. The number of phenols is 1. The zero-order valence-electron chi connectivity index (χ0n) is 21.2. The molecule has 0 spiro atoms. The zero-order chi connectivity index (χ0) is 25.8. The highest BCUT2D eigenvalue weighted by Crippen LogP contribution is 2.66. The van der Waals surface area contributed by atoms with E-state index >= 15 is 0 Å². The van der Waals surface area contributed by atoms with E-state index in [2.05, 4.69) is 0 Å². The summed E-state index contributed by atoms with van der Waals surface area (Å²) in [6.45, 7) is 10.9. The number of nitrogens with zero attached hydrogens (tertiary/aromatic N) is 3. The summed E-state index contributed by atoms with van der Waals surface area (Å²) in [5, 5.41) is 10.5. The van der Waals surface area contributed by atoms with E-state index in [9.17, 15) is 24.3 Å². The average molecular weight is 478 g/mol. The van der Waals surface area contributed by atoms with Crippen molar-refractivity contribution in [2.75, 3.05) is 0 Å². The number of aromatic nitrogens is 3. The second-order valence-corrected chi connectivity index (χ2v) is 10.9. The van der Waals surface area contributed by atoms with Gasteiger partial charge in [-0.25, -0.2) is 23.5 Å². The van der Waals surface area contributed by atoms with Crippen LogP contribution in [0.25, 0.3) is 0 Å². The minimum atomic E-state index is -1.10. The molecule has 3 aliphatic rings. The minimum absolute atomic E-state index is 0.0757.